The predicted octanol–water partition coefficient (Wildman–Crippen LogP) is 2.86. The van der Waals surface area contributed by atoms with Gasteiger partial charge in [0, 0.05) is 5.38 Å². The standard InChI is InChI=1S/C12H21N3S/c1-2-9-4-3-5-10(6-9)12(15-13)11-7-16-8-14-11/h7-10,12,15H,2-6,13H2,1H3. The van der Waals surface area contributed by atoms with Crippen molar-refractivity contribution < 1.29 is 0 Å². The van der Waals surface area contributed by atoms with Crippen LogP contribution < -0.4 is 11.3 Å². The Kier molecular flexibility index (Phi) is 4.32. The van der Waals surface area contributed by atoms with Crippen LogP contribution in [0.25, 0.3) is 0 Å². The molecule has 1 aromatic heterocycles. The summed E-state index contributed by atoms with van der Waals surface area (Å²) in [4.78, 5) is 4.39. The molecular weight excluding hydrogens is 218 g/mol. The molecule has 0 saturated heterocycles. The maximum atomic E-state index is 5.70. The van der Waals surface area contributed by atoms with E-state index in [1.807, 2.05) is 5.51 Å². The fraction of sp³-hybridized carbons (Fsp3) is 0.750. The van der Waals surface area contributed by atoms with E-state index in [4.69, 9.17) is 5.84 Å². The van der Waals surface area contributed by atoms with Gasteiger partial charge in [-0.2, -0.15) is 0 Å². The lowest BCUT2D eigenvalue weighted by atomic mass is 9.76. The van der Waals surface area contributed by atoms with Crippen molar-refractivity contribution in [2.24, 2.45) is 17.7 Å². The summed E-state index contributed by atoms with van der Waals surface area (Å²) in [6, 6.07) is 0.251. The number of hydrazine groups is 1. The Morgan fingerprint density at radius 3 is 3.12 bits per heavy atom. The van der Waals surface area contributed by atoms with Gasteiger partial charge in [-0.1, -0.05) is 26.2 Å². The molecule has 3 atom stereocenters. The number of hydrogen-bond donors (Lipinski definition) is 2. The third kappa shape index (κ3) is 2.62. The van der Waals surface area contributed by atoms with Crippen molar-refractivity contribution in [3.63, 3.8) is 0 Å². The van der Waals surface area contributed by atoms with Crippen molar-refractivity contribution in [2.75, 3.05) is 0 Å². The van der Waals surface area contributed by atoms with Gasteiger partial charge in [0.25, 0.3) is 0 Å². The summed E-state index contributed by atoms with van der Waals surface area (Å²) in [7, 11) is 0. The first-order chi connectivity index (χ1) is 7.85. The van der Waals surface area contributed by atoms with Gasteiger partial charge >= 0.3 is 0 Å². The van der Waals surface area contributed by atoms with Crippen LogP contribution in [0.4, 0.5) is 0 Å². The molecule has 3 N–H and O–H groups in total. The minimum atomic E-state index is 0.251. The van der Waals surface area contributed by atoms with E-state index in [-0.39, 0.29) is 6.04 Å². The van der Waals surface area contributed by atoms with Crippen LogP contribution in [0.5, 0.6) is 0 Å². The second-order valence-electron chi connectivity index (χ2n) is 4.76. The quantitative estimate of drug-likeness (QED) is 0.627. The van der Waals surface area contributed by atoms with Crippen molar-refractivity contribution in [2.45, 2.75) is 45.1 Å². The lowest BCUT2D eigenvalue weighted by molar-refractivity contribution is 0.208. The van der Waals surface area contributed by atoms with Crippen LogP contribution in [-0.4, -0.2) is 4.98 Å². The SMILES string of the molecule is CCC1CCCC(C(NN)c2cscn2)C1. The highest BCUT2D eigenvalue weighted by Crippen LogP contribution is 2.37. The van der Waals surface area contributed by atoms with Crippen molar-refractivity contribution in [1.82, 2.24) is 10.4 Å². The Morgan fingerprint density at radius 2 is 2.50 bits per heavy atom. The molecule has 0 bridgehead atoms. The molecule has 0 spiro atoms. The number of nitrogens with one attached hydrogen (secondary N) is 1. The number of nitrogens with zero attached hydrogens (tertiary/aromatic N) is 1. The fourth-order valence-electron chi connectivity index (χ4n) is 2.84. The van der Waals surface area contributed by atoms with E-state index in [0.29, 0.717) is 5.92 Å². The van der Waals surface area contributed by atoms with E-state index < -0.39 is 0 Å². The van der Waals surface area contributed by atoms with Gasteiger partial charge in [-0.05, 0) is 24.7 Å². The molecule has 1 fully saturated rings. The van der Waals surface area contributed by atoms with Crippen molar-refractivity contribution in [1.29, 1.82) is 0 Å². The molecule has 1 heterocycles. The zero-order chi connectivity index (χ0) is 11.4. The minimum Gasteiger partial charge on any atom is -0.271 e. The van der Waals surface area contributed by atoms with Crippen LogP contribution in [0.2, 0.25) is 0 Å². The second-order valence-corrected chi connectivity index (χ2v) is 5.48. The molecule has 1 aliphatic rings. The zero-order valence-corrected chi connectivity index (χ0v) is 10.7. The Labute approximate surface area is 101 Å². The van der Waals surface area contributed by atoms with E-state index in [1.165, 1.54) is 32.1 Å². The average molecular weight is 239 g/mol. The number of rotatable bonds is 4. The van der Waals surface area contributed by atoms with E-state index >= 15 is 0 Å². The Morgan fingerprint density at radius 1 is 1.62 bits per heavy atom. The first kappa shape index (κ1) is 12.0. The molecule has 1 aromatic rings. The molecule has 1 saturated carbocycles. The Hall–Kier alpha value is -0.450. The molecule has 0 radical (unpaired) electrons. The fourth-order valence-corrected chi connectivity index (χ4v) is 3.43. The topological polar surface area (TPSA) is 50.9 Å². The zero-order valence-electron chi connectivity index (χ0n) is 9.86. The summed E-state index contributed by atoms with van der Waals surface area (Å²) in [6.45, 7) is 2.29. The van der Waals surface area contributed by atoms with E-state index in [0.717, 1.165) is 11.6 Å². The Bertz CT molecular complexity index is 299. The normalized spacial score (nSPS) is 27.9. The first-order valence-electron chi connectivity index (χ1n) is 6.19. The molecular formula is C12H21N3S. The molecule has 3 nitrogen and oxygen atoms in total. The largest absolute Gasteiger partial charge is 0.271 e. The van der Waals surface area contributed by atoms with Crippen molar-refractivity contribution >= 4 is 11.3 Å². The number of hydrogen-bond acceptors (Lipinski definition) is 4. The van der Waals surface area contributed by atoms with Gasteiger partial charge in [0.05, 0.1) is 17.2 Å². The van der Waals surface area contributed by atoms with Crippen molar-refractivity contribution in [3.05, 3.63) is 16.6 Å². The molecule has 0 aromatic carbocycles. The second kappa shape index (κ2) is 5.75. The van der Waals surface area contributed by atoms with Crippen LogP contribution >= 0.6 is 11.3 Å². The third-order valence-corrected chi connectivity index (χ3v) is 4.43. The monoisotopic (exact) mass is 239 g/mol. The molecule has 3 unspecified atom stereocenters. The van der Waals surface area contributed by atoms with Crippen LogP contribution in [0.3, 0.4) is 0 Å². The van der Waals surface area contributed by atoms with Gasteiger partial charge < -0.3 is 0 Å². The van der Waals surface area contributed by atoms with Crippen molar-refractivity contribution in [3.8, 4) is 0 Å². The summed E-state index contributed by atoms with van der Waals surface area (Å²) in [5.74, 6) is 7.24. The van der Waals surface area contributed by atoms with Gasteiger partial charge in [0.15, 0.2) is 0 Å². The third-order valence-electron chi connectivity index (χ3n) is 3.82. The van der Waals surface area contributed by atoms with E-state index in [1.54, 1.807) is 11.3 Å². The van der Waals surface area contributed by atoms with Crippen LogP contribution in [0.15, 0.2) is 10.9 Å². The molecule has 0 aliphatic heterocycles. The molecule has 90 valence electrons. The molecule has 4 heteroatoms. The van der Waals surface area contributed by atoms with Crippen LogP contribution in [0, 0.1) is 11.8 Å². The predicted molar refractivity (Wildman–Crippen MR) is 67.9 cm³/mol. The highest BCUT2D eigenvalue weighted by Gasteiger charge is 2.29. The van der Waals surface area contributed by atoms with Crippen LogP contribution in [-0.2, 0) is 0 Å². The van der Waals surface area contributed by atoms with Crippen LogP contribution in [0.1, 0.15) is 50.8 Å². The molecule has 0 amide bonds. The average Bonchev–Trinajstić information content (AvgIpc) is 2.84. The summed E-state index contributed by atoms with van der Waals surface area (Å²) in [5, 5.41) is 2.11. The smallest absolute Gasteiger partial charge is 0.0795 e. The Balaban J connectivity index is 2.03. The maximum absolute atomic E-state index is 5.70. The molecule has 2 rings (SSSR count). The maximum Gasteiger partial charge on any atom is 0.0795 e. The molecule has 1 aliphatic carbocycles. The number of nitrogens with two attached hydrogens (primary N) is 1. The lowest BCUT2D eigenvalue weighted by Crippen LogP contribution is -2.36. The van der Waals surface area contributed by atoms with E-state index in [9.17, 15) is 0 Å². The number of thiazole rings is 1. The number of aromatic nitrogens is 1. The first-order valence-corrected chi connectivity index (χ1v) is 7.13. The highest BCUT2D eigenvalue weighted by atomic mass is 32.1. The highest BCUT2D eigenvalue weighted by molar-refractivity contribution is 7.07. The van der Waals surface area contributed by atoms with Gasteiger partial charge in [-0.3, -0.25) is 11.3 Å². The minimum absolute atomic E-state index is 0.251. The van der Waals surface area contributed by atoms with Gasteiger partial charge in [0.1, 0.15) is 0 Å². The van der Waals surface area contributed by atoms with Gasteiger partial charge in [-0.15, -0.1) is 11.3 Å². The summed E-state index contributed by atoms with van der Waals surface area (Å²) < 4.78 is 0. The molecule has 16 heavy (non-hydrogen) atoms. The van der Waals surface area contributed by atoms with Gasteiger partial charge in [0.2, 0.25) is 0 Å². The summed E-state index contributed by atoms with van der Waals surface area (Å²) in [5.41, 5.74) is 5.97. The summed E-state index contributed by atoms with van der Waals surface area (Å²) >= 11 is 1.65. The summed E-state index contributed by atoms with van der Waals surface area (Å²) in [6.07, 6.45) is 6.60. The van der Waals surface area contributed by atoms with Gasteiger partial charge in [-0.25, -0.2) is 4.98 Å². The lowest BCUT2D eigenvalue weighted by Gasteiger charge is -2.33. The van der Waals surface area contributed by atoms with E-state index in [2.05, 4.69) is 22.7 Å².